The lowest BCUT2D eigenvalue weighted by Crippen LogP contribution is -2.22. The van der Waals surface area contributed by atoms with Crippen molar-refractivity contribution in [2.75, 3.05) is 0 Å². The van der Waals surface area contributed by atoms with Gasteiger partial charge in [0, 0.05) is 5.02 Å². The fourth-order valence-electron chi connectivity index (χ4n) is 2.85. The van der Waals surface area contributed by atoms with Gasteiger partial charge in [0.25, 0.3) is 5.56 Å². The highest BCUT2D eigenvalue weighted by Crippen LogP contribution is 2.17. The normalized spacial score (nSPS) is 11.3. The van der Waals surface area contributed by atoms with Crippen LogP contribution in [-0.4, -0.2) is 9.55 Å². The number of fused-ring (bicyclic) bond motifs is 1. The maximum Gasteiger partial charge on any atom is 0.266 e. The Balaban J connectivity index is 1.92. The van der Waals surface area contributed by atoms with Gasteiger partial charge in [-0.1, -0.05) is 41.9 Å². The van der Waals surface area contributed by atoms with Gasteiger partial charge in [0.15, 0.2) is 0 Å². The summed E-state index contributed by atoms with van der Waals surface area (Å²) in [6.45, 7) is 0. The van der Waals surface area contributed by atoms with Gasteiger partial charge in [0.2, 0.25) is 0 Å². The molecular formula is C22H14ClFN2O. The molecule has 0 bridgehead atoms. The Morgan fingerprint density at radius 2 is 1.59 bits per heavy atom. The van der Waals surface area contributed by atoms with E-state index in [1.165, 1.54) is 12.1 Å². The molecule has 132 valence electrons. The molecule has 0 aliphatic carbocycles. The van der Waals surface area contributed by atoms with Crippen LogP contribution in [0.4, 0.5) is 4.39 Å². The number of halogens is 2. The molecule has 3 nitrogen and oxygen atoms in total. The standard InChI is InChI=1S/C22H14ClFN2O/c23-16-8-12-18(13-9-16)26-21(14-7-15-5-10-17(24)11-6-15)25-20-4-2-1-3-19(20)22(26)27/h1-14H/b14-7+. The molecule has 3 aromatic carbocycles. The van der Waals surface area contributed by atoms with Gasteiger partial charge in [-0.05, 0) is 60.2 Å². The molecule has 4 aromatic rings. The molecule has 0 unspecified atom stereocenters. The molecule has 0 radical (unpaired) electrons. The lowest BCUT2D eigenvalue weighted by molar-refractivity contribution is 0.628. The van der Waals surface area contributed by atoms with Crippen molar-refractivity contribution in [3.8, 4) is 5.69 Å². The molecule has 5 heteroatoms. The van der Waals surface area contributed by atoms with Gasteiger partial charge >= 0.3 is 0 Å². The van der Waals surface area contributed by atoms with E-state index in [2.05, 4.69) is 4.98 Å². The molecule has 0 atom stereocenters. The van der Waals surface area contributed by atoms with Gasteiger partial charge in [-0.25, -0.2) is 9.37 Å². The van der Waals surface area contributed by atoms with Crippen molar-refractivity contribution >= 4 is 34.7 Å². The molecule has 27 heavy (non-hydrogen) atoms. The maximum absolute atomic E-state index is 13.1. The first kappa shape index (κ1) is 17.2. The number of benzene rings is 3. The van der Waals surface area contributed by atoms with E-state index in [4.69, 9.17) is 11.6 Å². The Morgan fingerprint density at radius 3 is 2.33 bits per heavy atom. The number of nitrogens with zero attached hydrogens (tertiary/aromatic N) is 2. The number of aromatic nitrogens is 2. The van der Waals surface area contributed by atoms with Crippen molar-refractivity contribution < 1.29 is 4.39 Å². The third-order valence-corrected chi connectivity index (χ3v) is 4.43. The highest BCUT2D eigenvalue weighted by atomic mass is 35.5. The highest BCUT2D eigenvalue weighted by molar-refractivity contribution is 6.30. The van der Waals surface area contributed by atoms with E-state index < -0.39 is 0 Å². The van der Waals surface area contributed by atoms with E-state index in [9.17, 15) is 9.18 Å². The fourth-order valence-corrected chi connectivity index (χ4v) is 2.97. The van der Waals surface area contributed by atoms with Gasteiger partial charge in [-0.3, -0.25) is 9.36 Å². The quantitative estimate of drug-likeness (QED) is 0.483. The summed E-state index contributed by atoms with van der Waals surface area (Å²) < 4.78 is 14.6. The Labute approximate surface area is 160 Å². The van der Waals surface area contributed by atoms with Gasteiger partial charge in [0.05, 0.1) is 16.6 Å². The van der Waals surface area contributed by atoms with Crippen molar-refractivity contribution in [1.82, 2.24) is 9.55 Å². The van der Waals surface area contributed by atoms with E-state index >= 15 is 0 Å². The average Bonchev–Trinajstić information content (AvgIpc) is 2.69. The summed E-state index contributed by atoms with van der Waals surface area (Å²) in [6.07, 6.45) is 3.54. The topological polar surface area (TPSA) is 34.9 Å². The third-order valence-electron chi connectivity index (χ3n) is 4.18. The summed E-state index contributed by atoms with van der Waals surface area (Å²) in [5.74, 6) is 0.180. The number of para-hydroxylation sites is 1. The van der Waals surface area contributed by atoms with E-state index in [0.29, 0.717) is 27.4 Å². The van der Waals surface area contributed by atoms with Crippen LogP contribution in [0.3, 0.4) is 0 Å². The van der Waals surface area contributed by atoms with Crippen LogP contribution in [0.5, 0.6) is 0 Å². The number of hydrogen-bond acceptors (Lipinski definition) is 2. The molecule has 1 heterocycles. The van der Waals surface area contributed by atoms with Crippen LogP contribution in [0.15, 0.2) is 77.6 Å². The number of hydrogen-bond donors (Lipinski definition) is 0. The zero-order chi connectivity index (χ0) is 18.8. The Morgan fingerprint density at radius 1 is 0.889 bits per heavy atom. The SMILES string of the molecule is O=c1c2ccccc2nc(/C=C/c2ccc(F)cc2)n1-c1ccc(Cl)cc1. The number of rotatable bonds is 3. The third kappa shape index (κ3) is 3.52. The molecular weight excluding hydrogens is 363 g/mol. The van der Waals surface area contributed by atoms with Crippen LogP contribution in [0, 0.1) is 5.82 Å². The first-order valence-electron chi connectivity index (χ1n) is 8.33. The van der Waals surface area contributed by atoms with Gasteiger partial charge in [0.1, 0.15) is 11.6 Å². The predicted octanol–water partition coefficient (Wildman–Crippen LogP) is 5.35. The van der Waals surface area contributed by atoms with Crippen LogP contribution in [-0.2, 0) is 0 Å². The second-order valence-corrected chi connectivity index (χ2v) is 6.43. The minimum atomic E-state index is -0.297. The molecule has 0 aliphatic heterocycles. The monoisotopic (exact) mass is 376 g/mol. The lowest BCUT2D eigenvalue weighted by atomic mass is 10.2. The molecule has 0 spiro atoms. The highest BCUT2D eigenvalue weighted by Gasteiger charge is 2.10. The van der Waals surface area contributed by atoms with Crippen LogP contribution >= 0.6 is 11.6 Å². The van der Waals surface area contributed by atoms with Crippen LogP contribution < -0.4 is 5.56 Å². The molecule has 0 saturated carbocycles. The largest absolute Gasteiger partial charge is 0.268 e. The minimum Gasteiger partial charge on any atom is -0.268 e. The molecule has 0 N–H and O–H groups in total. The van der Waals surface area contributed by atoms with Crippen LogP contribution in [0.1, 0.15) is 11.4 Å². The summed E-state index contributed by atoms with van der Waals surface area (Å²) in [7, 11) is 0. The van der Waals surface area contributed by atoms with Crippen molar-refractivity contribution in [3.05, 3.63) is 105 Å². The van der Waals surface area contributed by atoms with Crippen molar-refractivity contribution in [2.24, 2.45) is 0 Å². The van der Waals surface area contributed by atoms with Gasteiger partial charge < -0.3 is 0 Å². The Bertz CT molecular complexity index is 1200. The molecule has 0 amide bonds. The van der Waals surface area contributed by atoms with Crippen molar-refractivity contribution in [2.45, 2.75) is 0 Å². The van der Waals surface area contributed by atoms with E-state index in [0.717, 1.165) is 5.56 Å². The van der Waals surface area contributed by atoms with E-state index in [1.54, 1.807) is 65.3 Å². The maximum atomic E-state index is 13.1. The summed E-state index contributed by atoms with van der Waals surface area (Å²) in [5, 5.41) is 1.12. The summed E-state index contributed by atoms with van der Waals surface area (Å²) in [4.78, 5) is 17.7. The molecule has 0 fully saturated rings. The van der Waals surface area contributed by atoms with Gasteiger partial charge in [-0.15, -0.1) is 0 Å². The first-order valence-corrected chi connectivity index (χ1v) is 8.71. The smallest absolute Gasteiger partial charge is 0.266 e. The lowest BCUT2D eigenvalue weighted by Gasteiger charge is -2.11. The fraction of sp³-hybridized carbons (Fsp3) is 0. The average molecular weight is 377 g/mol. The van der Waals surface area contributed by atoms with Crippen LogP contribution in [0.25, 0.3) is 28.7 Å². The zero-order valence-corrected chi connectivity index (χ0v) is 14.9. The first-order chi connectivity index (χ1) is 13.1. The van der Waals surface area contributed by atoms with E-state index in [1.807, 2.05) is 12.1 Å². The van der Waals surface area contributed by atoms with E-state index in [-0.39, 0.29) is 11.4 Å². The summed E-state index contributed by atoms with van der Waals surface area (Å²) >= 11 is 5.98. The zero-order valence-electron chi connectivity index (χ0n) is 14.1. The minimum absolute atomic E-state index is 0.165. The Hall–Kier alpha value is -3.24. The van der Waals surface area contributed by atoms with Crippen molar-refractivity contribution in [1.29, 1.82) is 0 Å². The molecule has 0 aliphatic rings. The summed E-state index contributed by atoms with van der Waals surface area (Å²) in [6, 6.07) is 20.3. The van der Waals surface area contributed by atoms with Gasteiger partial charge in [-0.2, -0.15) is 0 Å². The molecule has 0 saturated heterocycles. The molecule has 1 aromatic heterocycles. The van der Waals surface area contributed by atoms with Crippen LogP contribution in [0.2, 0.25) is 5.02 Å². The molecule has 4 rings (SSSR count). The Kier molecular flexibility index (Phi) is 4.57. The second kappa shape index (κ2) is 7.17. The second-order valence-electron chi connectivity index (χ2n) is 5.99. The predicted molar refractivity (Wildman–Crippen MR) is 108 cm³/mol. The summed E-state index contributed by atoms with van der Waals surface area (Å²) in [5.41, 5.74) is 1.93. The van der Waals surface area contributed by atoms with Crippen molar-refractivity contribution in [3.63, 3.8) is 0 Å².